The van der Waals surface area contributed by atoms with Gasteiger partial charge in [0.2, 0.25) is 0 Å². The molecule has 0 atom stereocenters. The number of aryl methyl sites for hydroxylation is 1. The predicted molar refractivity (Wildman–Crippen MR) is 84.9 cm³/mol. The second-order valence-corrected chi connectivity index (χ2v) is 5.63. The van der Waals surface area contributed by atoms with Crippen LogP contribution in [0.2, 0.25) is 0 Å². The zero-order chi connectivity index (χ0) is 15.7. The Balaban J connectivity index is 1.97. The van der Waals surface area contributed by atoms with Crippen LogP contribution in [0.15, 0.2) is 45.7 Å². The summed E-state index contributed by atoms with van der Waals surface area (Å²) in [5.74, 6) is 1.38. The second kappa shape index (κ2) is 5.73. The van der Waals surface area contributed by atoms with E-state index in [9.17, 15) is 9.59 Å². The van der Waals surface area contributed by atoms with Crippen LogP contribution in [0.25, 0.3) is 6.08 Å². The molecule has 0 saturated carbocycles. The van der Waals surface area contributed by atoms with Gasteiger partial charge in [0.1, 0.15) is 17.3 Å². The fourth-order valence-corrected chi connectivity index (χ4v) is 2.96. The van der Waals surface area contributed by atoms with Gasteiger partial charge in [-0.05, 0) is 43.0 Å². The molecule has 1 aliphatic rings. The van der Waals surface area contributed by atoms with Gasteiger partial charge in [0.15, 0.2) is 0 Å². The molecule has 22 heavy (non-hydrogen) atoms. The Morgan fingerprint density at radius 2 is 1.95 bits per heavy atom. The zero-order valence-electron chi connectivity index (χ0n) is 12.0. The summed E-state index contributed by atoms with van der Waals surface area (Å²) in [6.07, 6.45) is 1.58. The van der Waals surface area contributed by atoms with Gasteiger partial charge in [0, 0.05) is 6.08 Å². The molecule has 0 N–H and O–H groups in total. The minimum absolute atomic E-state index is 0.324. The van der Waals surface area contributed by atoms with Crippen molar-refractivity contribution in [1.82, 2.24) is 0 Å². The Kier molecular flexibility index (Phi) is 3.77. The number of amides is 2. The highest BCUT2D eigenvalue weighted by Crippen LogP contribution is 2.39. The predicted octanol–water partition coefficient (Wildman–Crippen LogP) is 3.84. The van der Waals surface area contributed by atoms with E-state index in [2.05, 4.69) is 0 Å². The number of furan rings is 1. The Bertz CT molecular complexity index is 778. The van der Waals surface area contributed by atoms with E-state index < -0.39 is 0 Å². The molecule has 2 aromatic rings. The Morgan fingerprint density at radius 1 is 1.18 bits per heavy atom. The first-order valence-corrected chi connectivity index (χ1v) is 7.39. The van der Waals surface area contributed by atoms with Gasteiger partial charge in [0.05, 0.1) is 17.7 Å². The van der Waals surface area contributed by atoms with Gasteiger partial charge in [-0.25, -0.2) is 4.90 Å². The van der Waals surface area contributed by atoms with Gasteiger partial charge in [-0.1, -0.05) is 12.1 Å². The molecule has 2 heterocycles. The minimum Gasteiger partial charge on any atom is -0.495 e. The van der Waals surface area contributed by atoms with Gasteiger partial charge in [0.25, 0.3) is 11.1 Å². The Labute approximate surface area is 131 Å². The average molecular weight is 315 g/mol. The van der Waals surface area contributed by atoms with Crippen molar-refractivity contribution in [3.05, 3.63) is 52.8 Å². The van der Waals surface area contributed by atoms with Crippen molar-refractivity contribution in [2.45, 2.75) is 6.92 Å². The van der Waals surface area contributed by atoms with Crippen molar-refractivity contribution >= 4 is 34.7 Å². The molecule has 0 unspecified atom stereocenters. The lowest BCUT2D eigenvalue weighted by Crippen LogP contribution is -2.28. The van der Waals surface area contributed by atoms with Crippen LogP contribution in [-0.4, -0.2) is 18.3 Å². The lowest BCUT2D eigenvalue weighted by Gasteiger charge is -2.15. The van der Waals surface area contributed by atoms with E-state index in [-0.39, 0.29) is 11.1 Å². The first kappa shape index (κ1) is 14.5. The minimum atomic E-state index is -0.381. The maximum atomic E-state index is 12.5. The van der Waals surface area contributed by atoms with Crippen molar-refractivity contribution in [3.8, 4) is 5.75 Å². The molecule has 112 valence electrons. The SMILES string of the molecule is COc1ccccc1N1C(=O)S/C(=C\c2ccc(C)o2)C1=O. The lowest BCUT2D eigenvalue weighted by molar-refractivity contribution is -0.113. The lowest BCUT2D eigenvalue weighted by atomic mass is 10.2. The summed E-state index contributed by atoms with van der Waals surface area (Å²) in [4.78, 5) is 26.2. The molecule has 2 amide bonds. The third-order valence-corrected chi connectivity index (χ3v) is 4.02. The van der Waals surface area contributed by atoms with Crippen LogP contribution in [0.3, 0.4) is 0 Å². The summed E-state index contributed by atoms with van der Waals surface area (Å²) in [5, 5.41) is -0.357. The molecule has 0 aliphatic carbocycles. The van der Waals surface area contributed by atoms with Crippen LogP contribution in [0.5, 0.6) is 5.75 Å². The molecule has 3 rings (SSSR count). The molecule has 1 fully saturated rings. The molecule has 0 spiro atoms. The molecule has 1 aliphatic heterocycles. The van der Waals surface area contributed by atoms with Crippen molar-refractivity contribution in [1.29, 1.82) is 0 Å². The Morgan fingerprint density at radius 3 is 2.64 bits per heavy atom. The smallest absolute Gasteiger partial charge is 0.298 e. The quantitative estimate of drug-likeness (QED) is 0.805. The number of methoxy groups -OCH3 is 1. The van der Waals surface area contributed by atoms with Crippen molar-refractivity contribution in [2.75, 3.05) is 12.0 Å². The molecule has 5 nitrogen and oxygen atoms in total. The maximum absolute atomic E-state index is 12.5. The summed E-state index contributed by atoms with van der Waals surface area (Å²) in [5.41, 5.74) is 0.437. The molecule has 0 bridgehead atoms. The number of hydrogen-bond acceptors (Lipinski definition) is 5. The first-order valence-electron chi connectivity index (χ1n) is 6.57. The van der Waals surface area contributed by atoms with Crippen LogP contribution in [0.4, 0.5) is 10.5 Å². The molecule has 1 saturated heterocycles. The van der Waals surface area contributed by atoms with Gasteiger partial charge in [-0.2, -0.15) is 0 Å². The van der Waals surface area contributed by atoms with Gasteiger partial charge < -0.3 is 9.15 Å². The van der Waals surface area contributed by atoms with Crippen LogP contribution in [-0.2, 0) is 4.79 Å². The molecular weight excluding hydrogens is 302 g/mol. The number of hydrogen-bond donors (Lipinski definition) is 0. The van der Waals surface area contributed by atoms with E-state index in [1.54, 1.807) is 42.5 Å². The summed E-state index contributed by atoms with van der Waals surface area (Å²) in [7, 11) is 1.50. The number of carbonyl (C=O) groups excluding carboxylic acids is 2. The van der Waals surface area contributed by atoms with Crippen molar-refractivity contribution in [3.63, 3.8) is 0 Å². The van der Waals surface area contributed by atoms with Crippen LogP contribution >= 0.6 is 11.8 Å². The number of para-hydroxylation sites is 2. The molecular formula is C16H13NO4S. The van der Waals surface area contributed by atoms with Crippen LogP contribution in [0, 0.1) is 6.92 Å². The summed E-state index contributed by atoms with van der Waals surface area (Å²) >= 11 is 0.883. The number of imide groups is 1. The maximum Gasteiger partial charge on any atom is 0.298 e. The number of benzene rings is 1. The van der Waals surface area contributed by atoms with Gasteiger partial charge >= 0.3 is 0 Å². The van der Waals surface area contributed by atoms with E-state index in [1.807, 2.05) is 6.92 Å². The summed E-state index contributed by atoms with van der Waals surface area (Å²) in [6, 6.07) is 10.5. The molecule has 6 heteroatoms. The van der Waals surface area contributed by atoms with E-state index in [0.29, 0.717) is 22.1 Å². The zero-order valence-corrected chi connectivity index (χ0v) is 12.8. The largest absolute Gasteiger partial charge is 0.495 e. The van der Waals surface area contributed by atoms with Gasteiger partial charge in [-0.15, -0.1) is 0 Å². The average Bonchev–Trinajstić information content (AvgIpc) is 3.03. The van der Waals surface area contributed by atoms with E-state index in [4.69, 9.17) is 9.15 Å². The third kappa shape index (κ3) is 2.53. The first-order chi connectivity index (χ1) is 10.6. The van der Waals surface area contributed by atoms with Crippen LogP contribution < -0.4 is 9.64 Å². The normalized spacial score (nSPS) is 16.6. The number of ether oxygens (including phenoxy) is 1. The standard InChI is InChI=1S/C16H13NO4S/c1-10-7-8-11(21-10)9-14-15(18)17(16(19)22-14)12-5-3-4-6-13(12)20-2/h3-9H,1-2H3/b14-9-. The number of nitrogens with zero attached hydrogens (tertiary/aromatic N) is 1. The third-order valence-electron chi connectivity index (χ3n) is 3.15. The summed E-state index contributed by atoms with van der Waals surface area (Å²) in [6.45, 7) is 1.82. The monoisotopic (exact) mass is 315 g/mol. The highest BCUT2D eigenvalue weighted by Gasteiger charge is 2.37. The highest BCUT2D eigenvalue weighted by atomic mass is 32.2. The van der Waals surface area contributed by atoms with E-state index in [1.165, 1.54) is 7.11 Å². The number of carbonyl (C=O) groups is 2. The topological polar surface area (TPSA) is 59.8 Å². The Hall–Kier alpha value is -2.47. The van der Waals surface area contributed by atoms with Crippen molar-refractivity contribution < 1.29 is 18.7 Å². The van der Waals surface area contributed by atoms with Gasteiger partial charge in [-0.3, -0.25) is 9.59 Å². The van der Waals surface area contributed by atoms with Crippen molar-refractivity contribution in [2.24, 2.45) is 0 Å². The number of thioether (sulfide) groups is 1. The molecule has 1 aromatic carbocycles. The number of anilines is 1. The fourth-order valence-electron chi connectivity index (χ4n) is 2.15. The number of rotatable bonds is 3. The van der Waals surface area contributed by atoms with E-state index in [0.717, 1.165) is 22.4 Å². The summed E-state index contributed by atoms with van der Waals surface area (Å²) < 4.78 is 10.6. The highest BCUT2D eigenvalue weighted by molar-refractivity contribution is 8.19. The molecule has 1 aromatic heterocycles. The second-order valence-electron chi connectivity index (χ2n) is 4.64. The van der Waals surface area contributed by atoms with Crippen LogP contribution in [0.1, 0.15) is 11.5 Å². The molecule has 0 radical (unpaired) electrons. The van der Waals surface area contributed by atoms with E-state index >= 15 is 0 Å². The fraction of sp³-hybridized carbons (Fsp3) is 0.125.